The molecule has 4 nitrogen and oxygen atoms in total. The number of nitrogens with two attached hydrogens (primary N) is 1. The molecule has 4 N–H and O–H groups in total. The van der Waals surface area contributed by atoms with Crippen molar-refractivity contribution in [2.24, 2.45) is 0 Å². The summed E-state index contributed by atoms with van der Waals surface area (Å²) in [5, 5.41) is 12.4. The SMILES string of the molecule is CCC(CSC)NC(=O)c1ccc(N)c(O)c1. The number of phenols is 1. The van der Waals surface area contributed by atoms with Crippen LogP contribution in [0.25, 0.3) is 0 Å². The number of thioether (sulfide) groups is 1. The zero-order chi connectivity index (χ0) is 12.8. The standard InChI is InChI=1S/C12H18N2O2S/c1-3-9(7-17-2)14-12(16)8-4-5-10(13)11(15)6-8/h4-6,9,15H,3,7,13H2,1-2H3,(H,14,16). The van der Waals surface area contributed by atoms with E-state index in [2.05, 4.69) is 5.32 Å². The van der Waals surface area contributed by atoms with E-state index < -0.39 is 0 Å². The van der Waals surface area contributed by atoms with Gasteiger partial charge in [-0.3, -0.25) is 4.79 Å². The van der Waals surface area contributed by atoms with Gasteiger partial charge >= 0.3 is 0 Å². The molecule has 0 heterocycles. The van der Waals surface area contributed by atoms with Crippen LogP contribution in [-0.4, -0.2) is 29.1 Å². The maximum absolute atomic E-state index is 11.9. The van der Waals surface area contributed by atoms with Crippen LogP contribution in [0.1, 0.15) is 23.7 Å². The highest BCUT2D eigenvalue weighted by atomic mass is 32.2. The number of rotatable bonds is 5. The van der Waals surface area contributed by atoms with Crippen LogP contribution in [0, 0.1) is 0 Å². The van der Waals surface area contributed by atoms with Gasteiger partial charge in [0.05, 0.1) is 5.69 Å². The molecule has 1 aromatic carbocycles. The average molecular weight is 254 g/mol. The first-order chi connectivity index (χ1) is 8.08. The van der Waals surface area contributed by atoms with Gasteiger partial charge < -0.3 is 16.2 Å². The summed E-state index contributed by atoms with van der Waals surface area (Å²) in [6, 6.07) is 4.67. The topological polar surface area (TPSA) is 75.4 Å². The molecule has 0 fully saturated rings. The zero-order valence-electron chi connectivity index (χ0n) is 10.1. The van der Waals surface area contributed by atoms with Gasteiger partial charge in [-0.1, -0.05) is 6.92 Å². The van der Waals surface area contributed by atoms with Gasteiger partial charge in [0.1, 0.15) is 5.75 Å². The summed E-state index contributed by atoms with van der Waals surface area (Å²) in [7, 11) is 0. The molecule has 0 aromatic heterocycles. The highest BCUT2D eigenvalue weighted by Gasteiger charge is 2.12. The van der Waals surface area contributed by atoms with E-state index in [1.165, 1.54) is 12.1 Å². The Balaban J connectivity index is 2.72. The van der Waals surface area contributed by atoms with Crippen molar-refractivity contribution >= 4 is 23.4 Å². The lowest BCUT2D eigenvalue weighted by atomic mass is 10.1. The molecule has 0 aliphatic heterocycles. The van der Waals surface area contributed by atoms with E-state index in [0.29, 0.717) is 5.56 Å². The van der Waals surface area contributed by atoms with Crippen molar-refractivity contribution in [2.45, 2.75) is 19.4 Å². The highest BCUT2D eigenvalue weighted by molar-refractivity contribution is 7.98. The minimum Gasteiger partial charge on any atom is -0.506 e. The van der Waals surface area contributed by atoms with Crippen LogP contribution in [0.5, 0.6) is 5.75 Å². The van der Waals surface area contributed by atoms with Gasteiger partial charge in [-0.2, -0.15) is 11.8 Å². The molecule has 0 saturated carbocycles. The Morgan fingerprint density at radius 3 is 2.82 bits per heavy atom. The molecule has 1 unspecified atom stereocenters. The predicted molar refractivity (Wildman–Crippen MR) is 72.4 cm³/mol. The van der Waals surface area contributed by atoms with Crippen molar-refractivity contribution in [3.05, 3.63) is 23.8 Å². The van der Waals surface area contributed by atoms with Crippen molar-refractivity contribution < 1.29 is 9.90 Å². The molecular formula is C12H18N2O2S. The third kappa shape index (κ3) is 3.85. The monoisotopic (exact) mass is 254 g/mol. The van der Waals surface area contributed by atoms with Crippen LogP contribution in [0.4, 0.5) is 5.69 Å². The number of hydrogen-bond donors (Lipinski definition) is 3. The molecule has 0 aliphatic carbocycles. The van der Waals surface area contributed by atoms with E-state index in [9.17, 15) is 9.90 Å². The molecular weight excluding hydrogens is 236 g/mol. The molecule has 1 aromatic rings. The summed E-state index contributed by atoms with van der Waals surface area (Å²) >= 11 is 1.69. The maximum atomic E-state index is 11.9. The Labute approximate surface area is 106 Å². The van der Waals surface area contributed by atoms with E-state index in [-0.39, 0.29) is 23.4 Å². The summed E-state index contributed by atoms with van der Waals surface area (Å²) in [5.41, 5.74) is 6.18. The molecule has 0 bridgehead atoms. The molecule has 17 heavy (non-hydrogen) atoms. The third-order valence-electron chi connectivity index (χ3n) is 2.49. The number of hydrogen-bond acceptors (Lipinski definition) is 4. The van der Waals surface area contributed by atoms with Gasteiger partial charge in [0, 0.05) is 17.4 Å². The minimum absolute atomic E-state index is 0.0597. The van der Waals surface area contributed by atoms with Crippen molar-refractivity contribution in [3.8, 4) is 5.75 Å². The number of aromatic hydroxyl groups is 1. The fourth-order valence-corrected chi connectivity index (χ4v) is 2.14. The largest absolute Gasteiger partial charge is 0.506 e. The average Bonchev–Trinajstić information content (AvgIpc) is 2.31. The molecule has 94 valence electrons. The summed E-state index contributed by atoms with van der Waals surface area (Å²) in [6.07, 6.45) is 2.89. The van der Waals surface area contributed by atoms with Gasteiger partial charge in [-0.25, -0.2) is 0 Å². The van der Waals surface area contributed by atoms with Gasteiger partial charge in [-0.05, 0) is 30.9 Å². The number of anilines is 1. The van der Waals surface area contributed by atoms with Crippen LogP contribution >= 0.6 is 11.8 Å². The molecule has 1 amide bonds. The number of amides is 1. The number of nitrogens with one attached hydrogen (secondary N) is 1. The second-order valence-corrected chi connectivity index (χ2v) is 4.72. The predicted octanol–water partition coefficient (Wildman–Crippen LogP) is 1.85. The maximum Gasteiger partial charge on any atom is 0.251 e. The van der Waals surface area contributed by atoms with Crippen LogP contribution in [0.3, 0.4) is 0 Å². The van der Waals surface area contributed by atoms with Crippen LogP contribution in [0.2, 0.25) is 0 Å². The number of carbonyl (C=O) groups is 1. The number of phenolic OH excluding ortho intramolecular Hbond substituents is 1. The first-order valence-corrected chi connectivity index (χ1v) is 6.86. The van der Waals surface area contributed by atoms with E-state index in [4.69, 9.17) is 5.73 Å². The van der Waals surface area contributed by atoms with Crippen molar-refractivity contribution in [3.63, 3.8) is 0 Å². The van der Waals surface area contributed by atoms with E-state index in [1.807, 2.05) is 13.2 Å². The van der Waals surface area contributed by atoms with E-state index >= 15 is 0 Å². The summed E-state index contributed by atoms with van der Waals surface area (Å²) in [4.78, 5) is 11.9. The lowest BCUT2D eigenvalue weighted by Crippen LogP contribution is -2.36. The summed E-state index contributed by atoms with van der Waals surface area (Å²) in [6.45, 7) is 2.03. The molecule has 0 radical (unpaired) electrons. The fraction of sp³-hybridized carbons (Fsp3) is 0.417. The smallest absolute Gasteiger partial charge is 0.251 e. The van der Waals surface area contributed by atoms with Crippen LogP contribution in [0.15, 0.2) is 18.2 Å². The van der Waals surface area contributed by atoms with Gasteiger partial charge in [0.15, 0.2) is 0 Å². The third-order valence-corrected chi connectivity index (χ3v) is 3.22. The van der Waals surface area contributed by atoms with Gasteiger partial charge in [0.2, 0.25) is 0 Å². The van der Waals surface area contributed by atoms with Gasteiger partial charge in [0.25, 0.3) is 5.91 Å². The Bertz CT molecular complexity index is 396. The zero-order valence-corrected chi connectivity index (χ0v) is 10.9. The van der Waals surface area contributed by atoms with Crippen molar-refractivity contribution in [1.82, 2.24) is 5.32 Å². The quantitative estimate of drug-likeness (QED) is 0.553. The summed E-state index contributed by atoms with van der Waals surface area (Å²) in [5.74, 6) is 0.639. The molecule has 1 atom stereocenters. The first-order valence-electron chi connectivity index (χ1n) is 5.46. The normalized spacial score (nSPS) is 12.1. The lowest BCUT2D eigenvalue weighted by Gasteiger charge is -2.15. The van der Waals surface area contributed by atoms with E-state index in [0.717, 1.165) is 12.2 Å². The molecule has 5 heteroatoms. The molecule has 0 spiro atoms. The Hall–Kier alpha value is -1.36. The van der Waals surface area contributed by atoms with Crippen molar-refractivity contribution in [1.29, 1.82) is 0 Å². The molecule has 0 aliphatic rings. The van der Waals surface area contributed by atoms with Crippen LogP contribution < -0.4 is 11.1 Å². The first kappa shape index (κ1) is 13.7. The number of carbonyl (C=O) groups excluding carboxylic acids is 1. The highest BCUT2D eigenvalue weighted by Crippen LogP contribution is 2.20. The second-order valence-electron chi connectivity index (χ2n) is 3.81. The van der Waals surface area contributed by atoms with Gasteiger partial charge in [-0.15, -0.1) is 0 Å². The Kier molecular flexibility index (Phi) is 5.15. The van der Waals surface area contributed by atoms with E-state index in [1.54, 1.807) is 17.8 Å². The number of nitrogen functional groups attached to an aromatic ring is 1. The van der Waals surface area contributed by atoms with Crippen LogP contribution in [-0.2, 0) is 0 Å². The second kappa shape index (κ2) is 6.39. The Morgan fingerprint density at radius 1 is 1.59 bits per heavy atom. The molecule has 0 saturated heterocycles. The number of benzene rings is 1. The molecule has 1 rings (SSSR count). The minimum atomic E-state index is -0.179. The van der Waals surface area contributed by atoms with Crippen molar-refractivity contribution in [2.75, 3.05) is 17.7 Å². The summed E-state index contributed by atoms with van der Waals surface area (Å²) < 4.78 is 0. The fourth-order valence-electron chi connectivity index (χ4n) is 1.42. The lowest BCUT2D eigenvalue weighted by molar-refractivity contribution is 0.0939. The Morgan fingerprint density at radius 2 is 2.29 bits per heavy atom.